The van der Waals surface area contributed by atoms with E-state index in [-0.39, 0.29) is 40.7 Å². The number of ketones is 2. The Bertz CT molecular complexity index is 4330. The van der Waals surface area contributed by atoms with Crippen LogP contribution in [0.25, 0.3) is 70.8 Å². The van der Waals surface area contributed by atoms with Crippen LogP contribution < -0.4 is 0 Å². The highest BCUT2D eigenvalue weighted by molar-refractivity contribution is 6.30. The van der Waals surface area contributed by atoms with Crippen LogP contribution in [-0.4, -0.2) is 16.0 Å². The van der Waals surface area contributed by atoms with Crippen LogP contribution in [0, 0.1) is 0 Å². The predicted molar refractivity (Wildman–Crippen MR) is 274 cm³/mol. The van der Waals surface area contributed by atoms with Gasteiger partial charge in [-0.1, -0.05) is 159 Å². The predicted octanol–water partition coefficient (Wildman–Crippen LogP) is 15.1. The molecule has 7 aliphatic rings. The molecule has 4 bridgehead atoms. The van der Waals surface area contributed by atoms with Crippen molar-refractivity contribution in [3.63, 3.8) is 0 Å². The van der Waals surface area contributed by atoms with Crippen LogP contribution in [-0.2, 0) is 5.41 Å². The topological polar surface area (TPSA) is 38.5 Å². The summed E-state index contributed by atoms with van der Waals surface area (Å²) >= 11 is 0. The van der Waals surface area contributed by atoms with Gasteiger partial charge in [0, 0.05) is 49.9 Å². The molecule has 0 radical (unpaired) electrons. The van der Waals surface area contributed by atoms with Gasteiger partial charge in [0.05, 0.1) is 28.4 Å². The van der Waals surface area contributed by atoms with E-state index in [0.717, 1.165) is 66.3 Å². The smallest absolute Gasteiger partial charge is 0.175 e. The second-order valence-electron chi connectivity index (χ2n) is 20.8. The SMILES string of the molecule is CC1(C)c2c(c3ccccc3c3ccccc23)-c2cc3c4cc5c(cc4n4c6cc7c(cc6c(c21)c34)C1c2ccccc2C(C7=O)c2ccccc21)C(=O)C1c2ccccc2C5c2ccccc21. The van der Waals surface area contributed by atoms with Gasteiger partial charge in [0.1, 0.15) is 0 Å². The maximum absolute atomic E-state index is 15.5. The number of carbonyl (C=O) groups is 2. The van der Waals surface area contributed by atoms with E-state index >= 15 is 9.59 Å². The molecule has 68 heavy (non-hydrogen) atoms. The summed E-state index contributed by atoms with van der Waals surface area (Å²) in [6.07, 6.45) is 0. The van der Waals surface area contributed by atoms with Crippen molar-refractivity contribution in [1.29, 1.82) is 0 Å². The second-order valence-corrected chi connectivity index (χ2v) is 20.8. The maximum atomic E-state index is 15.5. The Hall–Kier alpha value is -8.14. The third-order valence-corrected chi connectivity index (χ3v) is 17.5. The number of nitrogens with zero attached hydrogens (tertiary/aromatic N) is 1. The minimum Gasteiger partial charge on any atom is -0.308 e. The molecule has 0 aliphatic heterocycles. The maximum Gasteiger partial charge on any atom is 0.175 e. The quantitative estimate of drug-likeness (QED) is 0.142. The molecule has 0 atom stereocenters. The van der Waals surface area contributed by atoms with Gasteiger partial charge >= 0.3 is 0 Å². The fourth-order valence-corrected chi connectivity index (χ4v) is 15.0. The van der Waals surface area contributed by atoms with E-state index in [1.807, 2.05) is 0 Å². The van der Waals surface area contributed by atoms with Crippen molar-refractivity contribution in [3.8, 4) is 11.1 Å². The highest BCUT2D eigenvalue weighted by atomic mass is 16.1. The van der Waals surface area contributed by atoms with Crippen LogP contribution in [0.5, 0.6) is 0 Å². The molecule has 0 fully saturated rings. The first-order valence-electron chi connectivity index (χ1n) is 24.1. The number of rotatable bonds is 0. The third kappa shape index (κ3) is 3.94. The zero-order valence-electron chi connectivity index (χ0n) is 37.3. The summed E-state index contributed by atoms with van der Waals surface area (Å²) < 4.78 is 2.45. The fraction of sp³-hybridized carbons (Fsp3) is 0.108. The molecule has 7 aliphatic carbocycles. The molecule has 2 aromatic heterocycles. The van der Waals surface area contributed by atoms with Crippen LogP contribution >= 0.6 is 0 Å². The summed E-state index contributed by atoms with van der Waals surface area (Å²) in [5.74, 6) is -0.612. The Kier molecular flexibility index (Phi) is 6.29. The highest BCUT2D eigenvalue weighted by Crippen LogP contribution is 2.61. The van der Waals surface area contributed by atoms with Gasteiger partial charge in [-0.05, 0) is 130 Å². The van der Waals surface area contributed by atoms with Crippen LogP contribution in [0.15, 0.2) is 176 Å². The molecule has 2 heterocycles. The number of benzene rings is 10. The van der Waals surface area contributed by atoms with Gasteiger partial charge in [-0.2, -0.15) is 0 Å². The number of fused-ring (bicyclic) bond motifs is 15. The van der Waals surface area contributed by atoms with E-state index in [2.05, 4.69) is 194 Å². The van der Waals surface area contributed by atoms with E-state index in [1.54, 1.807) is 0 Å². The zero-order valence-corrected chi connectivity index (χ0v) is 37.3. The minimum absolute atomic E-state index is 0.0749. The van der Waals surface area contributed by atoms with Crippen molar-refractivity contribution in [2.75, 3.05) is 0 Å². The Morgan fingerprint density at radius 1 is 0.353 bits per heavy atom. The summed E-state index contributed by atoms with van der Waals surface area (Å²) in [7, 11) is 0. The molecule has 0 unspecified atom stereocenters. The molecular weight excluding hydrogens is 827 g/mol. The lowest BCUT2D eigenvalue weighted by molar-refractivity contribution is 0.0966. The van der Waals surface area contributed by atoms with E-state index in [9.17, 15) is 0 Å². The van der Waals surface area contributed by atoms with Gasteiger partial charge in [-0.15, -0.1) is 0 Å². The van der Waals surface area contributed by atoms with Gasteiger partial charge in [0.15, 0.2) is 11.6 Å². The molecule has 3 heteroatoms. The van der Waals surface area contributed by atoms with Crippen LogP contribution in [0.2, 0.25) is 0 Å². The largest absolute Gasteiger partial charge is 0.308 e. The molecule has 0 saturated heterocycles. The van der Waals surface area contributed by atoms with E-state index in [0.29, 0.717) is 0 Å². The molecule has 3 nitrogen and oxygen atoms in total. The number of aromatic nitrogens is 1. The average molecular weight is 866 g/mol. The Labute approximate surface area is 391 Å². The minimum atomic E-state index is -0.388. The molecule has 0 saturated carbocycles. The summed E-state index contributed by atoms with van der Waals surface area (Å²) in [6.45, 7) is 4.86. The number of Topliss-reactive ketones (excluding diaryl/α,β-unsaturated/α-hetero) is 2. The van der Waals surface area contributed by atoms with E-state index in [1.165, 1.54) is 82.3 Å². The Morgan fingerprint density at radius 2 is 0.750 bits per heavy atom. The first-order valence-corrected chi connectivity index (χ1v) is 24.1. The summed E-state index contributed by atoms with van der Waals surface area (Å²) in [6, 6.07) is 64.2. The Morgan fingerprint density at radius 3 is 1.25 bits per heavy atom. The first kappa shape index (κ1) is 36.0. The van der Waals surface area contributed by atoms with Crippen molar-refractivity contribution in [1.82, 2.24) is 4.40 Å². The highest BCUT2D eigenvalue weighted by Gasteiger charge is 2.47. The van der Waals surface area contributed by atoms with E-state index in [4.69, 9.17) is 0 Å². The Balaban J connectivity index is 1.07. The van der Waals surface area contributed by atoms with Crippen LogP contribution in [0.1, 0.15) is 125 Å². The van der Waals surface area contributed by atoms with Gasteiger partial charge in [0.2, 0.25) is 0 Å². The summed E-state index contributed by atoms with van der Waals surface area (Å²) in [5.41, 5.74) is 21.2. The molecular formula is C65H39NO2. The molecule has 0 N–H and O–H groups in total. The van der Waals surface area contributed by atoms with Crippen molar-refractivity contribution in [2.24, 2.45) is 0 Å². The lowest BCUT2D eigenvalue weighted by atomic mass is 9.72. The lowest BCUT2D eigenvalue weighted by Gasteiger charge is -2.30. The van der Waals surface area contributed by atoms with Gasteiger partial charge in [-0.25, -0.2) is 0 Å². The first-order chi connectivity index (χ1) is 33.4. The molecule has 10 aromatic carbocycles. The number of hydrogen-bond donors (Lipinski definition) is 0. The third-order valence-electron chi connectivity index (χ3n) is 17.5. The normalized spacial score (nSPS) is 19.8. The molecule has 0 amide bonds. The fourth-order valence-electron chi connectivity index (χ4n) is 15.0. The van der Waals surface area contributed by atoms with Crippen LogP contribution in [0.4, 0.5) is 0 Å². The molecule has 12 aromatic rings. The average Bonchev–Trinajstić information content (AvgIpc) is 3.85. The van der Waals surface area contributed by atoms with E-state index < -0.39 is 0 Å². The zero-order chi connectivity index (χ0) is 44.6. The molecule has 19 rings (SSSR count). The van der Waals surface area contributed by atoms with Gasteiger partial charge < -0.3 is 4.40 Å². The van der Waals surface area contributed by atoms with Crippen molar-refractivity contribution >= 4 is 71.2 Å². The molecule has 0 spiro atoms. The standard InChI is InChI=1S/C65H39NO2/c1-65(2)60-43-26-14-4-16-33(43)32-15-3-5-17-34(32)56(60)51-29-47-44-27-45-48(63(67)57-39-22-10-6-18-35(39)54(45)36-19-7-11-23-40(36)57)30-52(44)66-53-31-49-46(28-50(53)59(61(51)65)62(47)66)55-37-20-8-12-24-41(37)58(64(49)68)42-25-13-9-21-38(42)55/h3-31,54-55,57-58H,1-2H3. The number of carbonyl (C=O) groups excluding carboxylic acids is 2. The lowest BCUT2D eigenvalue weighted by Crippen LogP contribution is -2.19. The number of hydrogen-bond acceptors (Lipinski definition) is 2. The van der Waals surface area contributed by atoms with Gasteiger partial charge in [-0.3, -0.25) is 9.59 Å². The van der Waals surface area contributed by atoms with Crippen molar-refractivity contribution in [3.05, 3.63) is 254 Å². The monoisotopic (exact) mass is 865 g/mol. The van der Waals surface area contributed by atoms with Crippen molar-refractivity contribution < 1.29 is 9.59 Å². The summed E-state index contributed by atoms with van der Waals surface area (Å²) in [4.78, 5) is 31.0. The van der Waals surface area contributed by atoms with Gasteiger partial charge in [0.25, 0.3) is 0 Å². The summed E-state index contributed by atoms with van der Waals surface area (Å²) in [5, 5.41) is 9.82. The van der Waals surface area contributed by atoms with Crippen molar-refractivity contribution in [2.45, 2.75) is 42.9 Å². The second kappa shape index (κ2) is 11.9. The van der Waals surface area contributed by atoms with Crippen LogP contribution in [0.3, 0.4) is 0 Å². The molecule has 316 valence electrons.